The molecular weight excluding hydrogens is 206 g/mol. The number of nitrogens with one attached hydrogen (secondary N) is 1. The molecule has 0 aromatic heterocycles. The summed E-state index contributed by atoms with van der Waals surface area (Å²) in [5.41, 5.74) is 7.40. The Morgan fingerprint density at radius 3 is 2.44 bits per heavy atom. The molecule has 0 atom stereocenters. The van der Waals surface area contributed by atoms with Crippen LogP contribution in [0, 0.1) is 0 Å². The number of rotatable bonds is 2. The maximum absolute atomic E-state index is 11.3. The van der Waals surface area contributed by atoms with Crippen molar-refractivity contribution in [1.29, 1.82) is 0 Å². The average molecular weight is 219 g/mol. The fraction of sp³-hybridized carbons (Fsp3) is 0.273. The Labute approximate surface area is 93.2 Å². The molecule has 2 rings (SSSR count). The molecule has 0 aliphatic carbocycles. The third-order valence-electron chi connectivity index (χ3n) is 2.50. The van der Waals surface area contributed by atoms with Gasteiger partial charge in [-0.2, -0.15) is 0 Å². The van der Waals surface area contributed by atoms with E-state index in [0.29, 0.717) is 6.54 Å². The van der Waals surface area contributed by atoms with Crippen LogP contribution in [0.15, 0.2) is 24.3 Å². The zero-order valence-corrected chi connectivity index (χ0v) is 8.77. The normalized spacial score (nSPS) is 16.2. The zero-order valence-electron chi connectivity index (χ0n) is 8.77. The van der Waals surface area contributed by atoms with Crippen LogP contribution < -0.4 is 16.0 Å². The molecule has 84 valence electrons. The molecule has 1 heterocycles. The Bertz CT molecular complexity index is 415. The molecule has 1 saturated heterocycles. The van der Waals surface area contributed by atoms with Crippen LogP contribution in [-0.2, 0) is 16.1 Å². The van der Waals surface area contributed by atoms with Crippen molar-refractivity contribution in [3.63, 3.8) is 0 Å². The summed E-state index contributed by atoms with van der Waals surface area (Å²) in [5.74, 6) is -0.550. The number of hydrogen-bond donors (Lipinski definition) is 2. The van der Waals surface area contributed by atoms with Gasteiger partial charge in [0.2, 0.25) is 11.8 Å². The van der Waals surface area contributed by atoms with Gasteiger partial charge in [0.25, 0.3) is 0 Å². The summed E-state index contributed by atoms with van der Waals surface area (Å²) >= 11 is 0. The van der Waals surface area contributed by atoms with E-state index in [1.165, 1.54) is 0 Å². The number of nitrogens with two attached hydrogens (primary N) is 1. The molecule has 0 radical (unpaired) electrons. The van der Waals surface area contributed by atoms with E-state index >= 15 is 0 Å². The lowest BCUT2D eigenvalue weighted by atomic mass is 10.1. The largest absolute Gasteiger partial charge is 0.353 e. The lowest BCUT2D eigenvalue weighted by molar-refractivity contribution is -0.130. The van der Waals surface area contributed by atoms with Gasteiger partial charge in [0.15, 0.2) is 0 Å². The van der Waals surface area contributed by atoms with Crippen LogP contribution in [0.3, 0.4) is 0 Å². The number of imide groups is 1. The summed E-state index contributed by atoms with van der Waals surface area (Å²) in [6.45, 7) is 0.786. The van der Waals surface area contributed by atoms with Gasteiger partial charge in [-0.3, -0.25) is 14.9 Å². The number of nitrogens with zero attached hydrogens (tertiary/aromatic N) is 1. The molecule has 16 heavy (non-hydrogen) atoms. The molecule has 3 N–H and O–H groups in total. The SMILES string of the molecule is NCc1ccccc1N1CC(=O)NC(=O)C1. The Morgan fingerprint density at radius 1 is 1.19 bits per heavy atom. The van der Waals surface area contributed by atoms with Crippen LogP contribution in [-0.4, -0.2) is 24.9 Å². The molecule has 5 heteroatoms. The molecule has 0 unspecified atom stereocenters. The van der Waals surface area contributed by atoms with E-state index in [9.17, 15) is 9.59 Å². The first-order valence-corrected chi connectivity index (χ1v) is 5.06. The van der Waals surface area contributed by atoms with E-state index in [0.717, 1.165) is 11.3 Å². The first-order valence-electron chi connectivity index (χ1n) is 5.06. The van der Waals surface area contributed by atoms with Gasteiger partial charge in [-0.25, -0.2) is 0 Å². The number of piperazine rings is 1. The second-order valence-electron chi connectivity index (χ2n) is 3.66. The lowest BCUT2D eigenvalue weighted by Crippen LogP contribution is -2.51. The van der Waals surface area contributed by atoms with E-state index in [4.69, 9.17) is 5.73 Å². The number of amides is 2. The molecule has 5 nitrogen and oxygen atoms in total. The Kier molecular flexibility index (Phi) is 2.87. The van der Waals surface area contributed by atoms with Gasteiger partial charge in [-0.1, -0.05) is 18.2 Å². The second kappa shape index (κ2) is 4.32. The predicted molar refractivity (Wildman–Crippen MR) is 59.7 cm³/mol. The fourth-order valence-electron chi connectivity index (χ4n) is 1.80. The number of para-hydroxylation sites is 1. The summed E-state index contributed by atoms with van der Waals surface area (Å²) in [6, 6.07) is 7.52. The van der Waals surface area contributed by atoms with Gasteiger partial charge < -0.3 is 10.6 Å². The standard InChI is InChI=1S/C11H13N3O2/c12-5-8-3-1-2-4-9(8)14-6-10(15)13-11(16)7-14/h1-4H,5-7,12H2,(H,13,15,16). The smallest absolute Gasteiger partial charge is 0.246 e. The summed E-state index contributed by atoms with van der Waals surface area (Å²) < 4.78 is 0. The van der Waals surface area contributed by atoms with Gasteiger partial charge in [-0.05, 0) is 11.6 Å². The van der Waals surface area contributed by atoms with Crippen molar-refractivity contribution in [3.05, 3.63) is 29.8 Å². The van der Waals surface area contributed by atoms with E-state index in [1.807, 2.05) is 24.3 Å². The summed E-state index contributed by atoms with van der Waals surface area (Å²) in [4.78, 5) is 24.2. The first-order chi connectivity index (χ1) is 7.70. The molecule has 1 fully saturated rings. The van der Waals surface area contributed by atoms with Gasteiger partial charge in [0.1, 0.15) is 0 Å². The number of hydrogen-bond acceptors (Lipinski definition) is 4. The number of anilines is 1. The molecule has 1 aromatic rings. The zero-order chi connectivity index (χ0) is 11.5. The Morgan fingerprint density at radius 2 is 1.81 bits per heavy atom. The van der Waals surface area contributed by atoms with Gasteiger partial charge >= 0.3 is 0 Å². The van der Waals surface area contributed by atoms with Crippen LogP contribution >= 0.6 is 0 Å². The Balaban J connectivity index is 2.29. The second-order valence-corrected chi connectivity index (χ2v) is 3.66. The van der Waals surface area contributed by atoms with Crippen molar-refractivity contribution in [3.8, 4) is 0 Å². The van der Waals surface area contributed by atoms with Gasteiger partial charge in [0, 0.05) is 12.2 Å². The number of benzene rings is 1. The van der Waals surface area contributed by atoms with Crippen molar-refractivity contribution in [2.45, 2.75) is 6.54 Å². The minimum absolute atomic E-state index is 0.197. The summed E-state index contributed by atoms with van der Waals surface area (Å²) in [5, 5.41) is 2.27. The number of carbonyl (C=O) groups excluding carboxylic acids is 2. The third-order valence-corrected chi connectivity index (χ3v) is 2.50. The van der Waals surface area contributed by atoms with Crippen LogP contribution in [0.1, 0.15) is 5.56 Å². The minimum Gasteiger partial charge on any atom is -0.353 e. The maximum atomic E-state index is 11.3. The van der Waals surface area contributed by atoms with Gasteiger partial charge in [-0.15, -0.1) is 0 Å². The highest BCUT2D eigenvalue weighted by molar-refractivity contribution is 6.02. The van der Waals surface area contributed by atoms with Crippen molar-refractivity contribution < 1.29 is 9.59 Å². The highest BCUT2D eigenvalue weighted by atomic mass is 16.2. The van der Waals surface area contributed by atoms with Crippen LogP contribution in [0.25, 0.3) is 0 Å². The summed E-state index contributed by atoms with van der Waals surface area (Å²) in [6.07, 6.45) is 0. The molecule has 2 amide bonds. The van der Waals surface area contributed by atoms with Gasteiger partial charge in [0.05, 0.1) is 13.1 Å². The minimum atomic E-state index is -0.275. The highest BCUT2D eigenvalue weighted by Gasteiger charge is 2.23. The third kappa shape index (κ3) is 2.04. The fourth-order valence-corrected chi connectivity index (χ4v) is 1.80. The Hall–Kier alpha value is -1.88. The van der Waals surface area contributed by atoms with E-state index < -0.39 is 0 Å². The van der Waals surface area contributed by atoms with E-state index in [2.05, 4.69) is 5.32 Å². The average Bonchev–Trinajstić information content (AvgIpc) is 2.27. The summed E-state index contributed by atoms with van der Waals surface area (Å²) in [7, 11) is 0. The van der Waals surface area contributed by atoms with Crippen LogP contribution in [0.5, 0.6) is 0 Å². The van der Waals surface area contributed by atoms with Crippen molar-refractivity contribution >= 4 is 17.5 Å². The monoisotopic (exact) mass is 219 g/mol. The van der Waals surface area contributed by atoms with Crippen LogP contribution in [0.2, 0.25) is 0 Å². The topological polar surface area (TPSA) is 75.4 Å². The van der Waals surface area contributed by atoms with Crippen molar-refractivity contribution in [2.24, 2.45) is 5.73 Å². The molecule has 0 saturated carbocycles. The van der Waals surface area contributed by atoms with E-state index in [1.54, 1.807) is 4.90 Å². The van der Waals surface area contributed by atoms with Crippen LogP contribution in [0.4, 0.5) is 5.69 Å². The quantitative estimate of drug-likeness (QED) is 0.664. The first kappa shape index (κ1) is 10.6. The maximum Gasteiger partial charge on any atom is 0.246 e. The highest BCUT2D eigenvalue weighted by Crippen LogP contribution is 2.20. The predicted octanol–water partition coefficient (Wildman–Crippen LogP) is -0.392. The molecule has 1 aliphatic rings. The molecule has 1 aliphatic heterocycles. The number of carbonyl (C=O) groups is 2. The molecule has 0 bridgehead atoms. The molecular formula is C11H13N3O2. The molecule has 0 spiro atoms. The molecule has 1 aromatic carbocycles. The van der Waals surface area contributed by atoms with Crippen molar-refractivity contribution in [1.82, 2.24) is 5.32 Å². The van der Waals surface area contributed by atoms with E-state index in [-0.39, 0.29) is 24.9 Å². The lowest BCUT2D eigenvalue weighted by Gasteiger charge is -2.28. The van der Waals surface area contributed by atoms with Crippen molar-refractivity contribution in [2.75, 3.05) is 18.0 Å².